The zero-order valence-electron chi connectivity index (χ0n) is 10.6. The highest BCUT2D eigenvalue weighted by Crippen LogP contribution is 2.35. The normalized spacial score (nSPS) is 37.8. The molecule has 2 aliphatic rings. The maximum Gasteiger partial charge on any atom is 0.0809 e. The Kier molecular flexibility index (Phi) is 4.79. The molecule has 1 aliphatic carbocycles. The molecule has 3 unspecified atom stereocenters. The molecule has 0 aromatic carbocycles. The molecular weight excluding hydrogens is 218 g/mol. The van der Waals surface area contributed by atoms with Gasteiger partial charge in [-0.25, -0.2) is 0 Å². The third-order valence-electron chi connectivity index (χ3n) is 4.24. The number of nitrogens with two attached hydrogens (primary N) is 1. The van der Waals surface area contributed by atoms with Gasteiger partial charge >= 0.3 is 0 Å². The molecule has 3 N–H and O–H groups in total. The number of aliphatic hydroxyl groups excluding tert-OH is 1. The summed E-state index contributed by atoms with van der Waals surface area (Å²) in [5.41, 5.74) is 5.82. The average Bonchev–Trinajstić information content (AvgIpc) is 2.95. The standard InChI is InChI=1S/C13H25NO3/c14-13(10-15)6-1-3-11(13)5-8-16-9-12-4-2-7-17-12/h11-12,15H,1-10,14H2. The van der Waals surface area contributed by atoms with Gasteiger partial charge in [0.1, 0.15) is 0 Å². The summed E-state index contributed by atoms with van der Waals surface area (Å²) < 4.78 is 11.2. The van der Waals surface area contributed by atoms with Crippen LogP contribution in [0.25, 0.3) is 0 Å². The van der Waals surface area contributed by atoms with E-state index in [1.807, 2.05) is 0 Å². The molecule has 100 valence electrons. The second-order valence-electron chi connectivity index (χ2n) is 5.48. The molecule has 0 aromatic heterocycles. The largest absolute Gasteiger partial charge is 0.394 e. The van der Waals surface area contributed by atoms with Gasteiger partial charge in [-0.05, 0) is 38.0 Å². The molecular formula is C13H25NO3. The minimum absolute atomic E-state index is 0.101. The molecule has 0 bridgehead atoms. The first-order valence-electron chi connectivity index (χ1n) is 6.84. The van der Waals surface area contributed by atoms with Crippen LogP contribution in [0, 0.1) is 5.92 Å². The number of aliphatic hydroxyl groups is 1. The SMILES string of the molecule is NC1(CO)CCCC1CCOCC1CCCO1. The molecule has 3 atom stereocenters. The summed E-state index contributed by atoms with van der Waals surface area (Å²) in [5, 5.41) is 9.34. The van der Waals surface area contributed by atoms with Crippen LogP contribution >= 0.6 is 0 Å². The molecule has 0 amide bonds. The van der Waals surface area contributed by atoms with Crippen molar-refractivity contribution in [2.45, 2.75) is 50.2 Å². The topological polar surface area (TPSA) is 64.7 Å². The van der Waals surface area contributed by atoms with Crippen molar-refractivity contribution in [3.63, 3.8) is 0 Å². The van der Waals surface area contributed by atoms with Crippen LogP contribution in [0.15, 0.2) is 0 Å². The van der Waals surface area contributed by atoms with Crippen LogP contribution in [0.1, 0.15) is 38.5 Å². The van der Waals surface area contributed by atoms with Gasteiger partial charge < -0.3 is 20.3 Å². The van der Waals surface area contributed by atoms with Crippen LogP contribution in [-0.2, 0) is 9.47 Å². The van der Waals surface area contributed by atoms with E-state index in [2.05, 4.69) is 0 Å². The number of hydrogen-bond acceptors (Lipinski definition) is 4. The lowest BCUT2D eigenvalue weighted by atomic mass is 9.87. The molecule has 1 saturated carbocycles. The first kappa shape index (κ1) is 13.3. The van der Waals surface area contributed by atoms with Crippen LogP contribution in [0.2, 0.25) is 0 Å². The number of rotatable bonds is 6. The lowest BCUT2D eigenvalue weighted by molar-refractivity contribution is 0.00980. The maximum absolute atomic E-state index is 9.34. The van der Waals surface area contributed by atoms with E-state index >= 15 is 0 Å². The van der Waals surface area contributed by atoms with Gasteiger partial charge in [0.05, 0.1) is 19.3 Å². The second-order valence-corrected chi connectivity index (χ2v) is 5.48. The van der Waals surface area contributed by atoms with Crippen molar-refractivity contribution >= 4 is 0 Å². The lowest BCUT2D eigenvalue weighted by Crippen LogP contribution is -2.47. The minimum Gasteiger partial charge on any atom is -0.394 e. The van der Waals surface area contributed by atoms with Gasteiger partial charge in [0.25, 0.3) is 0 Å². The fourth-order valence-corrected chi connectivity index (χ4v) is 3.03. The van der Waals surface area contributed by atoms with Crippen LogP contribution in [0.4, 0.5) is 0 Å². The Morgan fingerprint density at radius 2 is 2.24 bits per heavy atom. The van der Waals surface area contributed by atoms with E-state index in [0.29, 0.717) is 18.6 Å². The van der Waals surface area contributed by atoms with Crippen LogP contribution in [0.5, 0.6) is 0 Å². The Morgan fingerprint density at radius 1 is 1.35 bits per heavy atom. The van der Waals surface area contributed by atoms with Crippen molar-refractivity contribution in [2.75, 3.05) is 26.4 Å². The monoisotopic (exact) mass is 243 g/mol. The highest BCUT2D eigenvalue weighted by atomic mass is 16.5. The van der Waals surface area contributed by atoms with Crippen molar-refractivity contribution in [1.82, 2.24) is 0 Å². The summed E-state index contributed by atoms with van der Waals surface area (Å²) in [6.45, 7) is 2.43. The Hall–Kier alpha value is -0.160. The zero-order valence-corrected chi connectivity index (χ0v) is 10.6. The van der Waals surface area contributed by atoms with Crippen LogP contribution in [-0.4, -0.2) is 43.2 Å². The summed E-state index contributed by atoms with van der Waals surface area (Å²) in [6.07, 6.45) is 6.75. The summed E-state index contributed by atoms with van der Waals surface area (Å²) in [6, 6.07) is 0. The third-order valence-corrected chi connectivity index (χ3v) is 4.24. The maximum atomic E-state index is 9.34. The smallest absolute Gasteiger partial charge is 0.0809 e. The molecule has 4 nitrogen and oxygen atoms in total. The molecule has 17 heavy (non-hydrogen) atoms. The van der Waals surface area contributed by atoms with Gasteiger partial charge in [-0.1, -0.05) is 6.42 Å². The summed E-state index contributed by atoms with van der Waals surface area (Å²) >= 11 is 0. The van der Waals surface area contributed by atoms with E-state index in [4.69, 9.17) is 15.2 Å². The molecule has 1 heterocycles. The molecule has 2 rings (SSSR count). The Labute approximate surface area is 103 Å². The fourth-order valence-electron chi connectivity index (χ4n) is 3.03. The van der Waals surface area contributed by atoms with Gasteiger partial charge in [-0.3, -0.25) is 0 Å². The zero-order chi connectivity index (χ0) is 12.1. The molecule has 0 spiro atoms. The van der Waals surface area contributed by atoms with Crippen molar-refractivity contribution in [3.05, 3.63) is 0 Å². The molecule has 0 aromatic rings. The predicted octanol–water partition coefficient (Wildman–Crippen LogP) is 1.06. The highest BCUT2D eigenvalue weighted by Gasteiger charge is 2.38. The van der Waals surface area contributed by atoms with Gasteiger partial charge in [-0.2, -0.15) is 0 Å². The van der Waals surface area contributed by atoms with Gasteiger partial charge in [0.2, 0.25) is 0 Å². The third kappa shape index (κ3) is 3.41. The van der Waals surface area contributed by atoms with Gasteiger partial charge in [0.15, 0.2) is 0 Å². The van der Waals surface area contributed by atoms with Gasteiger partial charge in [0, 0.05) is 18.8 Å². The van der Waals surface area contributed by atoms with Crippen molar-refractivity contribution in [3.8, 4) is 0 Å². The van der Waals surface area contributed by atoms with E-state index < -0.39 is 0 Å². The predicted molar refractivity (Wildman–Crippen MR) is 65.8 cm³/mol. The summed E-state index contributed by atoms with van der Waals surface area (Å²) in [5.74, 6) is 0.414. The highest BCUT2D eigenvalue weighted by molar-refractivity contribution is 4.95. The average molecular weight is 243 g/mol. The van der Waals surface area contributed by atoms with Crippen LogP contribution in [0.3, 0.4) is 0 Å². The van der Waals surface area contributed by atoms with Crippen molar-refractivity contribution in [2.24, 2.45) is 11.7 Å². The second kappa shape index (κ2) is 6.14. The lowest BCUT2D eigenvalue weighted by Gasteiger charge is -2.29. The molecule has 1 aliphatic heterocycles. The minimum atomic E-state index is -0.354. The Balaban J connectivity index is 1.61. The van der Waals surface area contributed by atoms with E-state index in [1.54, 1.807) is 0 Å². The molecule has 4 heteroatoms. The van der Waals surface area contributed by atoms with E-state index in [-0.39, 0.29) is 12.1 Å². The molecule has 1 saturated heterocycles. The summed E-state index contributed by atoms with van der Waals surface area (Å²) in [7, 11) is 0. The van der Waals surface area contributed by atoms with E-state index in [1.165, 1.54) is 0 Å². The molecule has 0 radical (unpaired) electrons. The molecule has 2 fully saturated rings. The Bertz CT molecular complexity index is 231. The van der Waals surface area contributed by atoms with Crippen LogP contribution < -0.4 is 5.73 Å². The summed E-state index contributed by atoms with van der Waals surface area (Å²) in [4.78, 5) is 0. The first-order valence-corrected chi connectivity index (χ1v) is 6.84. The van der Waals surface area contributed by atoms with Crippen molar-refractivity contribution < 1.29 is 14.6 Å². The number of hydrogen-bond donors (Lipinski definition) is 2. The van der Waals surface area contributed by atoms with Gasteiger partial charge in [-0.15, -0.1) is 0 Å². The quantitative estimate of drug-likeness (QED) is 0.685. The van der Waals surface area contributed by atoms with Crippen molar-refractivity contribution in [1.29, 1.82) is 0 Å². The van der Waals surface area contributed by atoms with E-state index in [9.17, 15) is 5.11 Å². The number of ether oxygens (including phenoxy) is 2. The Morgan fingerprint density at radius 3 is 2.94 bits per heavy atom. The fraction of sp³-hybridized carbons (Fsp3) is 1.00. The van der Waals surface area contributed by atoms with E-state index in [0.717, 1.165) is 51.7 Å². The first-order chi connectivity index (χ1) is 8.24.